The van der Waals surface area contributed by atoms with Crippen LogP contribution in [-0.4, -0.2) is 57.3 Å². The minimum Gasteiger partial charge on any atom is -0.468 e. The molecule has 2 aromatic heterocycles. The van der Waals surface area contributed by atoms with Crippen molar-refractivity contribution in [1.29, 1.82) is 0 Å². The number of fused-ring (bicyclic) bond motifs is 1. The van der Waals surface area contributed by atoms with Gasteiger partial charge in [0.1, 0.15) is 0 Å². The highest BCUT2D eigenvalue weighted by Gasteiger charge is 2.22. The van der Waals surface area contributed by atoms with E-state index in [-0.39, 0.29) is 6.10 Å². The number of likely N-dealkylation sites (tertiary alicyclic amines) is 1. The lowest BCUT2D eigenvalue weighted by Gasteiger charge is -2.31. The molecule has 0 bridgehead atoms. The normalized spacial score (nSPS) is 17.1. The van der Waals surface area contributed by atoms with E-state index in [4.69, 9.17) is 15.2 Å². The molecule has 3 rings (SSSR count). The molecule has 0 spiro atoms. The van der Waals surface area contributed by atoms with E-state index in [0.717, 1.165) is 32.4 Å². The van der Waals surface area contributed by atoms with Crippen LogP contribution in [0.4, 0.5) is 5.82 Å². The summed E-state index contributed by atoms with van der Waals surface area (Å²) in [7, 11) is 1.63. The Morgan fingerprint density at radius 2 is 1.93 bits per heavy atom. The van der Waals surface area contributed by atoms with Crippen molar-refractivity contribution in [3.63, 3.8) is 0 Å². The number of ether oxygens (including phenoxy) is 2. The standard InChI is InChI=1S/C20H34N6O2/c1-5-7-14(3)28-19-23-17(21)16-18(24-19)26(20(22-16)27-4)13-10-15-8-11-25(6-2)12-9-15/h14-15H,5-13H2,1-4H3,(H2,21,23,24). The number of nitrogens with zero attached hydrogens (tertiary/aromatic N) is 5. The monoisotopic (exact) mass is 390 g/mol. The third-order valence-electron chi connectivity index (χ3n) is 5.67. The predicted molar refractivity (Wildman–Crippen MR) is 111 cm³/mol. The molecule has 1 aliphatic rings. The molecular weight excluding hydrogens is 356 g/mol. The van der Waals surface area contributed by atoms with Gasteiger partial charge in [0.15, 0.2) is 17.0 Å². The van der Waals surface area contributed by atoms with Gasteiger partial charge in [-0.15, -0.1) is 0 Å². The van der Waals surface area contributed by atoms with E-state index in [0.29, 0.717) is 34.9 Å². The summed E-state index contributed by atoms with van der Waals surface area (Å²) in [5, 5.41) is 0. The molecule has 1 saturated heterocycles. The van der Waals surface area contributed by atoms with Crippen LogP contribution in [0.2, 0.25) is 0 Å². The van der Waals surface area contributed by atoms with Gasteiger partial charge in [-0.3, -0.25) is 4.57 Å². The van der Waals surface area contributed by atoms with Crippen LogP contribution >= 0.6 is 0 Å². The largest absolute Gasteiger partial charge is 0.468 e. The van der Waals surface area contributed by atoms with Crippen molar-refractivity contribution in [2.75, 3.05) is 32.5 Å². The van der Waals surface area contributed by atoms with Crippen LogP contribution in [0.5, 0.6) is 12.0 Å². The molecule has 1 atom stereocenters. The first-order chi connectivity index (χ1) is 13.5. The van der Waals surface area contributed by atoms with Crippen molar-refractivity contribution < 1.29 is 9.47 Å². The Morgan fingerprint density at radius 3 is 2.57 bits per heavy atom. The van der Waals surface area contributed by atoms with E-state index >= 15 is 0 Å². The minimum atomic E-state index is 0.0452. The second-order valence-corrected chi connectivity index (χ2v) is 7.70. The van der Waals surface area contributed by atoms with E-state index in [9.17, 15) is 0 Å². The number of aryl methyl sites for hydroxylation is 1. The summed E-state index contributed by atoms with van der Waals surface area (Å²) in [6, 6.07) is 0.840. The summed E-state index contributed by atoms with van der Waals surface area (Å²) in [6.07, 6.45) is 5.59. The van der Waals surface area contributed by atoms with Crippen molar-refractivity contribution in [2.24, 2.45) is 5.92 Å². The first-order valence-electron chi connectivity index (χ1n) is 10.5. The molecule has 8 nitrogen and oxygen atoms in total. The molecule has 8 heteroatoms. The Bertz CT molecular complexity index is 770. The van der Waals surface area contributed by atoms with Gasteiger partial charge in [0, 0.05) is 6.54 Å². The van der Waals surface area contributed by atoms with Gasteiger partial charge in [0.2, 0.25) is 0 Å². The number of anilines is 1. The number of methoxy groups -OCH3 is 1. The summed E-state index contributed by atoms with van der Waals surface area (Å²) in [4.78, 5) is 15.9. The molecule has 3 heterocycles. The van der Waals surface area contributed by atoms with Gasteiger partial charge < -0.3 is 20.1 Å². The Balaban J connectivity index is 1.78. The molecule has 0 amide bonds. The SMILES string of the molecule is CCCC(C)Oc1nc(N)c2nc(OC)n(CCC3CCN(CC)CC3)c2n1. The third kappa shape index (κ3) is 4.66. The molecule has 0 aromatic carbocycles. The van der Waals surface area contributed by atoms with E-state index in [1.807, 2.05) is 11.5 Å². The molecule has 1 aliphatic heterocycles. The van der Waals surface area contributed by atoms with Crippen molar-refractivity contribution in [2.45, 2.75) is 65.5 Å². The number of imidazole rings is 1. The summed E-state index contributed by atoms with van der Waals surface area (Å²) in [6.45, 7) is 10.7. The van der Waals surface area contributed by atoms with Gasteiger partial charge >= 0.3 is 6.01 Å². The second kappa shape index (κ2) is 9.41. The Hall–Kier alpha value is -2.09. The molecule has 156 valence electrons. The lowest BCUT2D eigenvalue weighted by molar-refractivity contribution is 0.182. The first kappa shape index (κ1) is 20.6. The zero-order valence-corrected chi connectivity index (χ0v) is 17.6. The fraction of sp³-hybridized carbons (Fsp3) is 0.750. The summed E-state index contributed by atoms with van der Waals surface area (Å²) in [5.41, 5.74) is 7.41. The highest BCUT2D eigenvalue weighted by atomic mass is 16.5. The molecule has 0 radical (unpaired) electrons. The number of hydrogen-bond acceptors (Lipinski definition) is 7. The molecule has 1 fully saturated rings. The van der Waals surface area contributed by atoms with E-state index in [1.54, 1.807) is 7.11 Å². The lowest BCUT2D eigenvalue weighted by atomic mass is 9.93. The van der Waals surface area contributed by atoms with E-state index in [2.05, 4.69) is 33.7 Å². The maximum Gasteiger partial charge on any atom is 0.320 e. The van der Waals surface area contributed by atoms with Crippen LogP contribution < -0.4 is 15.2 Å². The Labute approximate surface area is 167 Å². The average molecular weight is 391 g/mol. The molecule has 0 aliphatic carbocycles. The van der Waals surface area contributed by atoms with Crippen molar-refractivity contribution >= 4 is 17.0 Å². The quantitative estimate of drug-likeness (QED) is 0.703. The van der Waals surface area contributed by atoms with Gasteiger partial charge in [-0.05, 0) is 58.2 Å². The Kier molecular flexibility index (Phi) is 6.93. The average Bonchev–Trinajstić information content (AvgIpc) is 3.05. The van der Waals surface area contributed by atoms with E-state index in [1.165, 1.54) is 25.9 Å². The maximum absolute atomic E-state index is 6.15. The summed E-state index contributed by atoms with van der Waals surface area (Å²) >= 11 is 0. The van der Waals surface area contributed by atoms with Crippen LogP contribution in [-0.2, 0) is 6.54 Å². The number of nitrogen functional groups attached to an aromatic ring is 1. The maximum atomic E-state index is 6.15. The molecule has 2 aromatic rings. The molecule has 0 saturated carbocycles. The zero-order chi connectivity index (χ0) is 20.1. The highest BCUT2D eigenvalue weighted by molar-refractivity contribution is 5.83. The predicted octanol–water partition coefficient (Wildman–Crippen LogP) is 3.11. The van der Waals surface area contributed by atoms with Crippen LogP contribution in [0.15, 0.2) is 0 Å². The Morgan fingerprint density at radius 1 is 1.18 bits per heavy atom. The highest BCUT2D eigenvalue weighted by Crippen LogP contribution is 2.28. The van der Waals surface area contributed by atoms with Crippen molar-refractivity contribution in [3.05, 3.63) is 0 Å². The third-order valence-corrected chi connectivity index (χ3v) is 5.67. The van der Waals surface area contributed by atoms with Gasteiger partial charge in [-0.1, -0.05) is 20.3 Å². The number of hydrogen-bond donors (Lipinski definition) is 1. The van der Waals surface area contributed by atoms with Crippen molar-refractivity contribution in [3.8, 4) is 12.0 Å². The fourth-order valence-corrected chi connectivity index (χ4v) is 3.94. The smallest absolute Gasteiger partial charge is 0.320 e. The topological polar surface area (TPSA) is 91.3 Å². The number of aromatic nitrogens is 4. The van der Waals surface area contributed by atoms with Crippen LogP contribution in [0, 0.1) is 5.92 Å². The molecule has 2 N–H and O–H groups in total. The summed E-state index contributed by atoms with van der Waals surface area (Å²) in [5.74, 6) is 1.04. The number of piperidine rings is 1. The van der Waals surface area contributed by atoms with Gasteiger partial charge in [-0.2, -0.15) is 15.0 Å². The van der Waals surface area contributed by atoms with Crippen LogP contribution in [0.25, 0.3) is 11.2 Å². The summed E-state index contributed by atoms with van der Waals surface area (Å²) < 4.78 is 13.4. The van der Waals surface area contributed by atoms with Gasteiger partial charge in [-0.25, -0.2) is 0 Å². The van der Waals surface area contributed by atoms with Gasteiger partial charge in [0.05, 0.1) is 13.2 Å². The second-order valence-electron chi connectivity index (χ2n) is 7.70. The van der Waals surface area contributed by atoms with Crippen LogP contribution in [0.3, 0.4) is 0 Å². The molecule has 1 unspecified atom stereocenters. The molecule has 28 heavy (non-hydrogen) atoms. The van der Waals surface area contributed by atoms with Crippen LogP contribution in [0.1, 0.15) is 52.9 Å². The lowest BCUT2D eigenvalue weighted by Crippen LogP contribution is -2.33. The number of nitrogens with two attached hydrogens (primary N) is 1. The van der Waals surface area contributed by atoms with Crippen molar-refractivity contribution in [1.82, 2.24) is 24.4 Å². The first-order valence-corrected chi connectivity index (χ1v) is 10.5. The zero-order valence-electron chi connectivity index (χ0n) is 17.6. The van der Waals surface area contributed by atoms with Gasteiger partial charge in [0.25, 0.3) is 6.01 Å². The number of rotatable bonds is 9. The van der Waals surface area contributed by atoms with E-state index < -0.39 is 0 Å². The minimum absolute atomic E-state index is 0.0452. The fourth-order valence-electron chi connectivity index (χ4n) is 3.94. The molecular formula is C20H34N6O2.